The number of ketones is 1. The Labute approximate surface area is 120 Å². The molecule has 1 aliphatic carbocycles. The highest BCUT2D eigenvalue weighted by Gasteiger charge is 2.17. The molecule has 0 unspecified atom stereocenters. The van der Waals surface area contributed by atoms with E-state index in [1.54, 1.807) is 12.1 Å². The highest BCUT2D eigenvalue weighted by Crippen LogP contribution is 2.20. The van der Waals surface area contributed by atoms with E-state index in [0.29, 0.717) is 24.3 Å². The van der Waals surface area contributed by atoms with Crippen LogP contribution in [-0.2, 0) is 4.79 Å². The number of rotatable bonds is 6. The van der Waals surface area contributed by atoms with Gasteiger partial charge in [0.25, 0.3) is 0 Å². The number of nitrogens with one attached hydrogen (secondary N) is 1. The standard InChI is InChI=1S/C17H21NO2/c1-13(11-16(19)15-9-3-2-4-10-15)18-17(20)12-14-7-5-6-8-14/h2-5,7,9-10,13-14H,6,8,11-12H2,1H3,(H,18,20)/t13-,14-/m0/s1. The fraction of sp³-hybridized carbons (Fsp3) is 0.412. The van der Waals surface area contributed by atoms with Gasteiger partial charge in [0.15, 0.2) is 5.78 Å². The minimum Gasteiger partial charge on any atom is -0.353 e. The van der Waals surface area contributed by atoms with Gasteiger partial charge in [-0.15, -0.1) is 0 Å². The van der Waals surface area contributed by atoms with Gasteiger partial charge >= 0.3 is 0 Å². The molecule has 0 saturated carbocycles. The highest BCUT2D eigenvalue weighted by molar-refractivity contribution is 5.96. The normalized spacial score (nSPS) is 18.8. The molecule has 106 valence electrons. The van der Waals surface area contributed by atoms with E-state index in [1.807, 2.05) is 25.1 Å². The molecule has 1 N–H and O–H groups in total. The van der Waals surface area contributed by atoms with Crippen molar-refractivity contribution in [2.75, 3.05) is 0 Å². The van der Waals surface area contributed by atoms with Crippen LogP contribution in [-0.4, -0.2) is 17.7 Å². The molecule has 1 amide bonds. The summed E-state index contributed by atoms with van der Waals surface area (Å²) < 4.78 is 0. The van der Waals surface area contributed by atoms with Gasteiger partial charge in [-0.3, -0.25) is 9.59 Å². The topological polar surface area (TPSA) is 46.2 Å². The Kier molecular flexibility index (Phi) is 5.10. The second-order valence-electron chi connectivity index (χ2n) is 5.43. The first-order valence-corrected chi connectivity index (χ1v) is 7.19. The molecule has 1 aromatic carbocycles. The SMILES string of the molecule is C[C@@H](CC(=O)c1ccccc1)NC(=O)C[C@H]1C=CCC1. The van der Waals surface area contributed by atoms with E-state index < -0.39 is 0 Å². The lowest BCUT2D eigenvalue weighted by Gasteiger charge is -2.14. The Hall–Kier alpha value is -1.90. The molecular formula is C17H21NO2. The largest absolute Gasteiger partial charge is 0.353 e. The van der Waals surface area contributed by atoms with Gasteiger partial charge in [0.05, 0.1) is 0 Å². The number of carbonyl (C=O) groups is 2. The number of Topliss-reactive ketones (excluding diaryl/α,β-unsaturated/α-hetero) is 1. The zero-order chi connectivity index (χ0) is 14.4. The van der Waals surface area contributed by atoms with Crippen molar-refractivity contribution >= 4 is 11.7 Å². The predicted molar refractivity (Wildman–Crippen MR) is 79.5 cm³/mol. The third-order valence-electron chi connectivity index (χ3n) is 3.55. The first-order valence-electron chi connectivity index (χ1n) is 7.19. The monoisotopic (exact) mass is 271 g/mol. The number of hydrogen-bond acceptors (Lipinski definition) is 2. The van der Waals surface area contributed by atoms with E-state index in [1.165, 1.54) is 0 Å². The summed E-state index contributed by atoms with van der Waals surface area (Å²) in [5, 5.41) is 2.91. The fourth-order valence-electron chi connectivity index (χ4n) is 2.51. The van der Waals surface area contributed by atoms with Crippen LogP contribution in [0.3, 0.4) is 0 Å². The molecule has 0 aliphatic heterocycles. The van der Waals surface area contributed by atoms with Crippen molar-refractivity contribution in [2.45, 2.75) is 38.6 Å². The van der Waals surface area contributed by atoms with Crippen molar-refractivity contribution in [1.29, 1.82) is 0 Å². The average Bonchev–Trinajstić information content (AvgIpc) is 2.92. The summed E-state index contributed by atoms with van der Waals surface area (Å²) in [7, 11) is 0. The van der Waals surface area contributed by atoms with Crippen LogP contribution >= 0.6 is 0 Å². The summed E-state index contributed by atoms with van der Waals surface area (Å²) in [4.78, 5) is 23.9. The maximum atomic E-state index is 12.0. The van der Waals surface area contributed by atoms with Crippen LogP contribution in [0.15, 0.2) is 42.5 Å². The number of hydrogen-bond donors (Lipinski definition) is 1. The minimum atomic E-state index is -0.124. The highest BCUT2D eigenvalue weighted by atomic mass is 16.1. The van der Waals surface area contributed by atoms with Gasteiger partial charge in [-0.25, -0.2) is 0 Å². The molecule has 1 aliphatic rings. The molecule has 3 nitrogen and oxygen atoms in total. The number of allylic oxidation sites excluding steroid dienone is 2. The molecule has 0 aromatic heterocycles. The molecule has 0 fully saturated rings. The van der Waals surface area contributed by atoms with E-state index in [2.05, 4.69) is 17.5 Å². The molecule has 2 atom stereocenters. The summed E-state index contributed by atoms with van der Waals surface area (Å²) in [6.07, 6.45) is 7.24. The summed E-state index contributed by atoms with van der Waals surface area (Å²) in [6, 6.07) is 9.07. The van der Waals surface area contributed by atoms with Crippen molar-refractivity contribution in [3.05, 3.63) is 48.0 Å². The van der Waals surface area contributed by atoms with Crippen molar-refractivity contribution in [3.63, 3.8) is 0 Å². The Morgan fingerprint density at radius 1 is 1.30 bits per heavy atom. The van der Waals surface area contributed by atoms with Gasteiger partial charge in [-0.05, 0) is 25.7 Å². The third kappa shape index (κ3) is 4.34. The molecule has 0 saturated heterocycles. The van der Waals surface area contributed by atoms with Crippen molar-refractivity contribution in [1.82, 2.24) is 5.32 Å². The maximum Gasteiger partial charge on any atom is 0.220 e. The molecular weight excluding hydrogens is 250 g/mol. The van der Waals surface area contributed by atoms with Crippen LogP contribution in [0.5, 0.6) is 0 Å². The molecule has 0 spiro atoms. The van der Waals surface area contributed by atoms with E-state index in [4.69, 9.17) is 0 Å². The maximum absolute atomic E-state index is 12.0. The second kappa shape index (κ2) is 7.04. The molecule has 1 aromatic rings. The molecule has 3 heteroatoms. The van der Waals surface area contributed by atoms with Crippen LogP contribution in [0.1, 0.15) is 43.0 Å². The second-order valence-corrected chi connectivity index (χ2v) is 5.43. The lowest BCUT2D eigenvalue weighted by molar-refractivity contribution is -0.122. The van der Waals surface area contributed by atoms with Gasteiger partial charge in [0.2, 0.25) is 5.91 Å². The van der Waals surface area contributed by atoms with Gasteiger partial charge in [0.1, 0.15) is 0 Å². The fourth-order valence-corrected chi connectivity index (χ4v) is 2.51. The summed E-state index contributed by atoms with van der Waals surface area (Å²) >= 11 is 0. The van der Waals surface area contributed by atoms with Crippen LogP contribution in [0.4, 0.5) is 0 Å². The Morgan fingerprint density at radius 3 is 2.70 bits per heavy atom. The quantitative estimate of drug-likeness (QED) is 0.638. The Bertz CT molecular complexity index is 493. The predicted octanol–water partition coefficient (Wildman–Crippen LogP) is 3.12. The third-order valence-corrected chi connectivity index (χ3v) is 3.55. The lowest BCUT2D eigenvalue weighted by Crippen LogP contribution is -2.34. The molecule has 0 heterocycles. The first kappa shape index (κ1) is 14.5. The van der Waals surface area contributed by atoms with E-state index in [9.17, 15) is 9.59 Å². The van der Waals surface area contributed by atoms with E-state index in [0.717, 1.165) is 12.8 Å². The van der Waals surface area contributed by atoms with E-state index >= 15 is 0 Å². The molecule has 2 rings (SSSR count). The zero-order valence-corrected chi connectivity index (χ0v) is 11.8. The van der Waals surface area contributed by atoms with Gasteiger partial charge in [-0.1, -0.05) is 42.5 Å². The number of carbonyl (C=O) groups excluding carboxylic acids is 2. The smallest absolute Gasteiger partial charge is 0.220 e. The van der Waals surface area contributed by atoms with Gasteiger partial charge in [-0.2, -0.15) is 0 Å². The van der Waals surface area contributed by atoms with Gasteiger partial charge < -0.3 is 5.32 Å². The lowest BCUT2D eigenvalue weighted by atomic mass is 10.0. The molecule has 0 bridgehead atoms. The van der Waals surface area contributed by atoms with Crippen molar-refractivity contribution in [2.24, 2.45) is 5.92 Å². The minimum absolute atomic E-state index is 0.0370. The van der Waals surface area contributed by atoms with Crippen molar-refractivity contribution in [3.8, 4) is 0 Å². The average molecular weight is 271 g/mol. The summed E-state index contributed by atoms with van der Waals surface area (Å²) in [5.41, 5.74) is 0.701. The Morgan fingerprint density at radius 2 is 2.05 bits per heavy atom. The first-order chi connectivity index (χ1) is 9.65. The van der Waals surface area contributed by atoms with Gasteiger partial charge in [0, 0.05) is 24.4 Å². The Balaban J connectivity index is 1.77. The summed E-state index contributed by atoms with van der Waals surface area (Å²) in [5.74, 6) is 0.473. The van der Waals surface area contributed by atoms with E-state index in [-0.39, 0.29) is 17.7 Å². The van der Waals surface area contributed by atoms with Crippen molar-refractivity contribution < 1.29 is 9.59 Å². The summed E-state index contributed by atoms with van der Waals surface area (Å²) in [6.45, 7) is 1.88. The molecule has 20 heavy (non-hydrogen) atoms. The number of amides is 1. The number of benzene rings is 1. The van der Waals surface area contributed by atoms with Crippen LogP contribution < -0.4 is 5.32 Å². The van der Waals surface area contributed by atoms with Crippen LogP contribution in [0.25, 0.3) is 0 Å². The van der Waals surface area contributed by atoms with Crippen LogP contribution in [0, 0.1) is 5.92 Å². The molecule has 0 radical (unpaired) electrons. The zero-order valence-electron chi connectivity index (χ0n) is 11.8. The van der Waals surface area contributed by atoms with Crippen LogP contribution in [0.2, 0.25) is 0 Å².